The summed E-state index contributed by atoms with van der Waals surface area (Å²) in [5.41, 5.74) is -0.328. The van der Waals surface area contributed by atoms with Crippen LogP contribution in [0.5, 0.6) is 0 Å². The number of nitrogens with two attached hydrogens (primary N) is 1. The van der Waals surface area contributed by atoms with E-state index in [-0.39, 0.29) is 16.4 Å². The summed E-state index contributed by atoms with van der Waals surface area (Å²) in [5.74, 6) is 0.393. The Hall–Kier alpha value is -0.0900. The van der Waals surface area contributed by atoms with E-state index in [1.54, 1.807) is 0 Å². The third-order valence-corrected chi connectivity index (χ3v) is 4.41. The van der Waals surface area contributed by atoms with Gasteiger partial charge in [0.05, 0.1) is 13.1 Å². The molecule has 1 aliphatic rings. The zero-order valence-electron chi connectivity index (χ0n) is 11.2. The predicted molar refractivity (Wildman–Crippen MR) is 72.2 cm³/mol. The molecule has 0 aromatic carbocycles. The second-order valence-electron chi connectivity index (χ2n) is 5.42. The molecule has 100 valence electrons. The Bertz CT molecular complexity index is 250. The van der Waals surface area contributed by atoms with Crippen molar-refractivity contribution in [3.63, 3.8) is 0 Å². The molecule has 1 unspecified atom stereocenters. The standard InChI is InChI=1S/C13H24BrNO2/c1-4-5-11(14)12(16)17-13(2,3)10-6-8-15-9-7-10/h10-11,15H,4-9H2,1-3H3/p+1. The number of hydrogen-bond acceptors (Lipinski definition) is 2. The maximum atomic E-state index is 11.9. The van der Waals surface area contributed by atoms with Gasteiger partial charge in [-0.05, 0) is 20.3 Å². The fraction of sp³-hybridized carbons (Fsp3) is 0.923. The van der Waals surface area contributed by atoms with Crippen molar-refractivity contribution >= 4 is 21.9 Å². The van der Waals surface area contributed by atoms with Crippen molar-refractivity contribution in [3.05, 3.63) is 0 Å². The highest BCUT2D eigenvalue weighted by molar-refractivity contribution is 9.10. The van der Waals surface area contributed by atoms with E-state index >= 15 is 0 Å². The molecule has 4 heteroatoms. The first kappa shape index (κ1) is 15.0. The lowest BCUT2D eigenvalue weighted by Crippen LogP contribution is -2.86. The first-order valence-electron chi connectivity index (χ1n) is 6.66. The molecule has 1 fully saturated rings. The Morgan fingerprint density at radius 2 is 2.06 bits per heavy atom. The predicted octanol–water partition coefficient (Wildman–Crippen LogP) is 1.85. The van der Waals surface area contributed by atoms with Crippen LogP contribution in [0.4, 0.5) is 0 Å². The monoisotopic (exact) mass is 306 g/mol. The first-order chi connectivity index (χ1) is 7.97. The molecular formula is C13H25BrNO2+. The number of hydrogen-bond donors (Lipinski definition) is 1. The van der Waals surface area contributed by atoms with Gasteiger partial charge >= 0.3 is 5.97 Å². The summed E-state index contributed by atoms with van der Waals surface area (Å²) in [6.45, 7) is 8.47. The lowest BCUT2D eigenvalue weighted by atomic mass is 9.83. The van der Waals surface area contributed by atoms with Gasteiger partial charge in [0.2, 0.25) is 0 Å². The molecule has 0 saturated carbocycles. The summed E-state index contributed by atoms with van der Waals surface area (Å²) in [5, 5.41) is 2.33. The molecule has 0 radical (unpaired) electrons. The minimum absolute atomic E-state index is 0.105. The van der Waals surface area contributed by atoms with Crippen molar-refractivity contribution in [1.82, 2.24) is 0 Å². The Balaban J connectivity index is 2.49. The molecule has 1 rings (SSSR count). The smallest absolute Gasteiger partial charge is 0.320 e. The number of esters is 1. The van der Waals surface area contributed by atoms with Crippen LogP contribution in [0.3, 0.4) is 0 Å². The number of carbonyl (C=O) groups excluding carboxylic acids is 1. The molecule has 0 aromatic rings. The van der Waals surface area contributed by atoms with Crippen LogP contribution in [0.25, 0.3) is 0 Å². The van der Waals surface area contributed by atoms with Crippen LogP contribution in [0.2, 0.25) is 0 Å². The molecule has 0 amide bonds. The van der Waals surface area contributed by atoms with Crippen LogP contribution in [0.1, 0.15) is 46.5 Å². The zero-order chi connectivity index (χ0) is 12.9. The number of piperidine rings is 1. The SMILES string of the molecule is CCCC(Br)C(=O)OC(C)(C)C1CC[NH2+]CC1. The first-order valence-corrected chi connectivity index (χ1v) is 7.57. The third-order valence-electron chi connectivity index (χ3n) is 3.58. The van der Waals surface area contributed by atoms with E-state index in [2.05, 4.69) is 28.2 Å². The average molecular weight is 307 g/mol. The molecule has 1 saturated heterocycles. The number of carbonyl (C=O) groups is 1. The molecule has 0 aromatic heterocycles. The number of rotatable bonds is 5. The lowest BCUT2D eigenvalue weighted by molar-refractivity contribution is -0.665. The minimum Gasteiger partial charge on any atom is -0.459 e. The van der Waals surface area contributed by atoms with E-state index < -0.39 is 0 Å². The van der Waals surface area contributed by atoms with Gasteiger partial charge < -0.3 is 10.1 Å². The Morgan fingerprint density at radius 1 is 1.47 bits per heavy atom. The molecule has 1 aliphatic heterocycles. The second kappa shape index (κ2) is 6.74. The molecule has 0 aliphatic carbocycles. The minimum atomic E-state index is -0.328. The van der Waals surface area contributed by atoms with Gasteiger partial charge in [-0.2, -0.15) is 0 Å². The maximum absolute atomic E-state index is 11.9. The van der Waals surface area contributed by atoms with E-state index in [0.29, 0.717) is 5.92 Å². The van der Waals surface area contributed by atoms with Crippen LogP contribution in [-0.2, 0) is 9.53 Å². The second-order valence-corrected chi connectivity index (χ2v) is 6.53. The van der Waals surface area contributed by atoms with Crippen LogP contribution < -0.4 is 5.32 Å². The molecule has 1 heterocycles. The number of quaternary nitrogens is 1. The summed E-state index contributed by atoms with van der Waals surface area (Å²) >= 11 is 3.40. The zero-order valence-corrected chi connectivity index (χ0v) is 12.8. The molecule has 0 spiro atoms. The number of halogens is 1. The fourth-order valence-corrected chi connectivity index (χ4v) is 2.95. The van der Waals surface area contributed by atoms with Crippen molar-refractivity contribution in [2.75, 3.05) is 13.1 Å². The van der Waals surface area contributed by atoms with Crippen molar-refractivity contribution in [2.45, 2.75) is 56.9 Å². The van der Waals surface area contributed by atoms with Gasteiger partial charge in [-0.15, -0.1) is 0 Å². The third kappa shape index (κ3) is 4.59. The van der Waals surface area contributed by atoms with E-state index in [9.17, 15) is 4.79 Å². The van der Waals surface area contributed by atoms with Crippen LogP contribution in [0, 0.1) is 5.92 Å². The van der Waals surface area contributed by atoms with Crippen LogP contribution in [-0.4, -0.2) is 29.5 Å². The lowest BCUT2D eigenvalue weighted by Gasteiger charge is -2.36. The topological polar surface area (TPSA) is 42.9 Å². The van der Waals surface area contributed by atoms with Crippen molar-refractivity contribution in [3.8, 4) is 0 Å². The Labute approximate surface area is 113 Å². The van der Waals surface area contributed by atoms with Gasteiger partial charge in [0, 0.05) is 18.8 Å². The van der Waals surface area contributed by atoms with Crippen molar-refractivity contribution in [2.24, 2.45) is 5.92 Å². The highest BCUT2D eigenvalue weighted by atomic mass is 79.9. The van der Waals surface area contributed by atoms with Gasteiger partial charge in [-0.3, -0.25) is 4.79 Å². The summed E-state index contributed by atoms with van der Waals surface area (Å²) in [4.78, 5) is 11.8. The number of ether oxygens (including phenoxy) is 1. The van der Waals surface area contributed by atoms with Crippen LogP contribution in [0.15, 0.2) is 0 Å². The summed E-state index contributed by atoms with van der Waals surface area (Å²) < 4.78 is 5.69. The largest absolute Gasteiger partial charge is 0.459 e. The van der Waals surface area contributed by atoms with Crippen LogP contribution >= 0.6 is 15.9 Å². The van der Waals surface area contributed by atoms with Gasteiger partial charge in [0.25, 0.3) is 0 Å². The van der Waals surface area contributed by atoms with E-state index in [4.69, 9.17) is 4.74 Å². The van der Waals surface area contributed by atoms with Crippen molar-refractivity contribution in [1.29, 1.82) is 0 Å². The molecule has 1 atom stereocenters. The Morgan fingerprint density at radius 3 is 2.59 bits per heavy atom. The van der Waals surface area contributed by atoms with E-state index in [0.717, 1.165) is 38.8 Å². The summed E-state index contributed by atoms with van der Waals surface area (Å²) in [6, 6.07) is 0. The highest BCUT2D eigenvalue weighted by Crippen LogP contribution is 2.29. The normalized spacial score (nSPS) is 20.0. The molecule has 2 N–H and O–H groups in total. The van der Waals surface area contributed by atoms with Gasteiger partial charge in [-0.25, -0.2) is 0 Å². The Kier molecular flexibility index (Phi) is 5.93. The van der Waals surface area contributed by atoms with Crippen molar-refractivity contribution < 1.29 is 14.8 Å². The summed E-state index contributed by atoms with van der Waals surface area (Å²) in [7, 11) is 0. The number of alkyl halides is 1. The molecule has 17 heavy (non-hydrogen) atoms. The quantitative estimate of drug-likeness (QED) is 0.622. The van der Waals surface area contributed by atoms with E-state index in [1.165, 1.54) is 0 Å². The van der Waals surface area contributed by atoms with Gasteiger partial charge in [-0.1, -0.05) is 29.3 Å². The average Bonchev–Trinajstić information content (AvgIpc) is 2.30. The van der Waals surface area contributed by atoms with Gasteiger partial charge in [0.15, 0.2) is 0 Å². The molecule has 0 bridgehead atoms. The molecule has 3 nitrogen and oxygen atoms in total. The maximum Gasteiger partial charge on any atom is 0.320 e. The molecular weight excluding hydrogens is 282 g/mol. The van der Waals surface area contributed by atoms with E-state index in [1.807, 2.05) is 13.8 Å². The fourth-order valence-electron chi connectivity index (χ4n) is 2.40. The highest BCUT2D eigenvalue weighted by Gasteiger charge is 2.36. The van der Waals surface area contributed by atoms with Gasteiger partial charge in [0.1, 0.15) is 10.4 Å². The summed E-state index contributed by atoms with van der Waals surface area (Å²) in [6.07, 6.45) is 4.11.